The van der Waals surface area contributed by atoms with Gasteiger partial charge in [-0.2, -0.15) is 0 Å². The minimum Gasteiger partial charge on any atom is -0.393 e. The Morgan fingerprint density at radius 2 is 1.75 bits per heavy atom. The minimum atomic E-state index is -0.176. The van der Waals surface area contributed by atoms with E-state index in [0.29, 0.717) is 6.04 Å². The molecule has 1 aliphatic rings. The fourth-order valence-corrected chi connectivity index (χ4v) is 2.77. The van der Waals surface area contributed by atoms with Crippen molar-refractivity contribution in [1.29, 1.82) is 0 Å². The minimum absolute atomic E-state index is 0.176. The summed E-state index contributed by atoms with van der Waals surface area (Å²) in [4.78, 5) is 0. The van der Waals surface area contributed by atoms with Crippen molar-refractivity contribution in [2.75, 3.05) is 6.54 Å². The van der Waals surface area contributed by atoms with E-state index in [2.05, 4.69) is 19.2 Å². The van der Waals surface area contributed by atoms with Gasteiger partial charge in [0.25, 0.3) is 0 Å². The van der Waals surface area contributed by atoms with E-state index < -0.39 is 0 Å². The Balaban J connectivity index is 2.20. The van der Waals surface area contributed by atoms with Gasteiger partial charge >= 0.3 is 0 Å². The molecule has 0 bridgehead atoms. The first kappa shape index (κ1) is 14.0. The zero-order valence-electron chi connectivity index (χ0n) is 11.2. The number of nitrogens with one attached hydrogen (secondary N) is 1. The third-order valence-electron chi connectivity index (χ3n) is 4.21. The van der Waals surface area contributed by atoms with Crippen LogP contribution in [0.1, 0.15) is 59.3 Å². The Kier molecular flexibility index (Phi) is 6.37. The molecule has 1 rings (SSSR count). The smallest absolute Gasteiger partial charge is 0.0524 e. The summed E-state index contributed by atoms with van der Waals surface area (Å²) in [7, 11) is 0. The first-order valence-corrected chi connectivity index (χ1v) is 7.02. The molecule has 0 saturated heterocycles. The largest absolute Gasteiger partial charge is 0.393 e. The summed E-state index contributed by atoms with van der Waals surface area (Å²) in [6.45, 7) is 7.48. The molecule has 0 aliphatic heterocycles. The molecule has 0 amide bonds. The maximum Gasteiger partial charge on any atom is 0.0524 e. The van der Waals surface area contributed by atoms with Crippen molar-refractivity contribution in [3.05, 3.63) is 0 Å². The van der Waals surface area contributed by atoms with Crippen molar-refractivity contribution in [2.45, 2.75) is 71.4 Å². The van der Waals surface area contributed by atoms with Crippen molar-refractivity contribution in [3.63, 3.8) is 0 Å². The van der Waals surface area contributed by atoms with E-state index in [1.807, 2.05) is 6.92 Å². The van der Waals surface area contributed by atoms with E-state index >= 15 is 0 Å². The predicted molar refractivity (Wildman–Crippen MR) is 69.5 cm³/mol. The van der Waals surface area contributed by atoms with Gasteiger partial charge in [-0.15, -0.1) is 0 Å². The Labute approximate surface area is 101 Å². The van der Waals surface area contributed by atoms with Crippen LogP contribution in [-0.4, -0.2) is 23.8 Å². The fourth-order valence-electron chi connectivity index (χ4n) is 2.77. The summed E-state index contributed by atoms with van der Waals surface area (Å²) in [6, 6.07) is 0.585. The maximum atomic E-state index is 9.21. The van der Waals surface area contributed by atoms with Crippen LogP contribution in [-0.2, 0) is 0 Å². The molecule has 1 saturated carbocycles. The standard InChI is InChI=1S/C14H29NO/c1-11(16)9-10-15-13(3)12(2)14-7-5-4-6-8-14/h11-16H,4-10H2,1-3H3. The Morgan fingerprint density at radius 1 is 1.12 bits per heavy atom. The third-order valence-corrected chi connectivity index (χ3v) is 4.21. The van der Waals surface area contributed by atoms with Crippen LogP contribution in [0.5, 0.6) is 0 Å². The summed E-state index contributed by atoms with van der Waals surface area (Å²) in [5.41, 5.74) is 0. The third kappa shape index (κ3) is 4.84. The van der Waals surface area contributed by atoms with Crippen molar-refractivity contribution >= 4 is 0 Å². The van der Waals surface area contributed by atoms with Gasteiger partial charge in [-0.1, -0.05) is 39.0 Å². The molecular weight excluding hydrogens is 198 g/mol. The molecule has 2 N–H and O–H groups in total. The van der Waals surface area contributed by atoms with Crippen LogP contribution in [0, 0.1) is 11.8 Å². The second kappa shape index (κ2) is 7.29. The van der Waals surface area contributed by atoms with Crippen molar-refractivity contribution in [3.8, 4) is 0 Å². The number of rotatable bonds is 6. The van der Waals surface area contributed by atoms with Gasteiger partial charge in [-0.3, -0.25) is 0 Å². The van der Waals surface area contributed by atoms with E-state index in [4.69, 9.17) is 0 Å². The van der Waals surface area contributed by atoms with Gasteiger partial charge in [0.15, 0.2) is 0 Å². The van der Waals surface area contributed by atoms with Crippen LogP contribution >= 0.6 is 0 Å². The van der Waals surface area contributed by atoms with E-state index in [9.17, 15) is 5.11 Å². The highest BCUT2D eigenvalue weighted by atomic mass is 16.3. The first-order chi connectivity index (χ1) is 7.61. The Bertz CT molecular complexity index is 176. The molecule has 2 nitrogen and oxygen atoms in total. The van der Waals surface area contributed by atoms with E-state index in [1.165, 1.54) is 32.1 Å². The molecule has 0 aromatic carbocycles. The van der Waals surface area contributed by atoms with E-state index in [1.54, 1.807) is 0 Å². The number of aliphatic hydroxyl groups is 1. The van der Waals surface area contributed by atoms with Crippen molar-refractivity contribution < 1.29 is 5.11 Å². The van der Waals surface area contributed by atoms with Gasteiger partial charge in [0, 0.05) is 6.04 Å². The average Bonchev–Trinajstić information content (AvgIpc) is 2.28. The normalized spacial score (nSPS) is 24.0. The lowest BCUT2D eigenvalue weighted by atomic mass is 9.78. The second-order valence-electron chi connectivity index (χ2n) is 5.64. The van der Waals surface area contributed by atoms with Gasteiger partial charge in [-0.25, -0.2) is 0 Å². The van der Waals surface area contributed by atoms with E-state index in [0.717, 1.165) is 24.8 Å². The van der Waals surface area contributed by atoms with Crippen LogP contribution in [0.15, 0.2) is 0 Å². The second-order valence-corrected chi connectivity index (χ2v) is 5.64. The Hall–Kier alpha value is -0.0800. The average molecular weight is 227 g/mol. The zero-order valence-corrected chi connectivity index (χ0v) is 11.2. The van der Waals surface area contributed by atoms with Gasteiger partial charge in [0.2, 0.25) is 0 Å². The molecular formula is C14H29NO. The molecule has 0 spiro atoms. The van der Waals surface area contributed by atoms with Gasteiger partial charge in [0.1, 0.15) is 0 Å². The lowest BCUT2D eigenvalue weighted by Gasteiger charge is -2.32. The monoisotopic (exact) mass is 227 g/mol. The van der Waals surface area contributed by atoms with Crippen molar-refractivity contribution in [2.24, 2.45) is 11.8 Å². The molecule has 1 aliphatic carbocycles. The molecule has 0 radical (unpaired) electrons. The highest BCUT2D eigenvalue weighted by molar-refractivity contribution is 4.78. The molecule has 1 fully saturated rings. The highest BCUT2D eigenvalue weighted by Crippen LogP contribution is 2.31. The molecule has 2 heteroatoms. The summed E-state index contributed by atoms with van der Waals surface area (Å²) in [5, 5.41) is 12.8. The zero-order chi connectivity index (χ0) is 12.0. The Morgan fingerprint density at radius 3 is 2.31 bits per heavy atom. The summed E-state index contributed by atoms with van der Waals surface area (Å²) in [6.07, 6.45) is 7.82. The van der Waals surface area contributed by atoms with Gasteiger partial charge in [-0.05, 0) is 38.6 Å². The molecule has 16 heavy (non-hydrogen) atoms. The summed E-state index contributed by atoms with van der Waals surface area (Å²) < 4.78 is 0. The van der Waals surface area contributed by atoms with Crippen LogP contribution in [0.3, 0.4) is 0 Å². The number of hydrogen-bond donors (Lipinski definition) is 2. The van der Waals surface area contributed by atoms with E-state index in [-0.39, 0.29) is 6.10 Å². The van der Waals surface area contributed by atoms with Crippen LogP contribution < -0.4 is 5.32 Å². The SMILES string of the molecule is CC(O)CCNC(C)C(C)C1CCCCC1. The van der Waals surface area contributed by atoms with Crippen molar-refractivity contribution in [1.82, 2.24) is 5.32 Å². The number of hydrogen-bond acceptors (Lipinski definition) is 2. The molecule has 3 atom stereocenters. The lowest BCUT2D eigenvalue weighted by Crippen LogP contribution is -2.37. The van der Waals surface area contributed by atoms with Crippen LogP contribution in [0.2, 0.25) is 0 Å². The predicted octanol–water partition coefficient (Wildman–Crippen LogP) is 2.95. The quantitative estimate of drug-likeness (QED) is 0.731. The molecule has 3 unspecified atom stereocenters. The molecule has 0 aromatic rings. The molecule has 96 valence electrons. The fraction of sp³-hybridized carbons (Fsp3) is 1.00. The molecule has 0 aromatic heterocycles. The topological polar surface area (TPSA) is 32.3 Å². The molecule has 0 heterocycles. The number of aliphatic hydroxyl groups excluding tert-OH is 1. The summed E-state index contributed by atoms with van der Waals surface area (Å²) in [5.74, 6) is 1.69. The summed E-state index contributed by atoms with van der Waals surface area (Å²) >= 11 is 0. The van der Waals surface area contributed by atoms with Crippen LogP contribution in [0.25, 0.3) is 0 Å². The maximum absolute atomic E-state index is 9.21. The van der Waals surface area contributed by atoms with Gasteiger partial charge < -0.3 is 10.4 Å². The van der Waals surface area contributed by atoms with Gasteiger partial charge in [0.05, 0.1) is 6.10 Å². The van der Waals surface area contributed by atoms with Crippen LogP contribution in [0.4, 0.5) is 0 Å². The highest BCUT2D eigenvalue weighted by Gasteiger charge is 2.23. The first-order valence-electron chi connectivity index (χ1n) is 7.02. The lowest BCUT2D eigenvalue weighted by molar-refractivity contribution is 0.174.